The number of benzene rings is 2. The fraction of sp³-hybridized carbons (Fsp3) is 0.575. The number of fused-ring (bicyclic) bond motifs is 1. The largest absolute Gasteiger partial charge is 0.419 e. The van der Waals surface area contributed by atoms with Crippen LogP contribution in [-0.2, 0) is 32.1 Å². The number of hydrogen-bond donors (Lipinski definition) is 4. The zero-order valence-electron chi connectivity index (χ0n) is 31.1. The van der Waals surface area contributed by atoms with Crippen LogP contribution in [0.1, 0.15) is 91.0 Å². The number of aliphatic hydroxyl groups excluding tert-OH is 1. The van der Waals surface area contributed by atoms with Crippen molar-refractivity contribution in [1.82, 2.24) is 20.1 Å². The van der Waals surface area contributed by atoms with Gasteiger partial charge in [0.1, 0.15) is 6.04 Å². The number of oxazole rings is 1. The molecule has 1 aliphatic rings. The number of nitrogens with zero attached hydrogens (tertiary/aromatic N) is 2. The van der Waals surface area contributed by atoms with Crippen LogP contribution in [0.5, 0.6) is 0 Å². The minimum atomic E-state index is -1.25. The summed E-state index contributed by atoms with van der Waals surface area (Å²) in [6, 6.07) is 12.9. The Hall–Kier alpha value is -4.29. The first-order valence-electron chi connectivity index (χ1n) is 18.8. The fourth-order valence-corrected chi connectivity index (χ4v) is 7.01. The van der Waals surface area contributed by atoms with Crippen LogP contribution in [0.15, 0.2) is 63.8 Å². The molecule has 12 heteroatoms. The van der Waals surface area contributed by atoms with E-state index >= 15 is 0 Å². The number of carbonyl (C=O) groups is 4. The number of amides is 4. The molecule has 1 saturated carbocycles. The van der Waals surface area contributed by atoms with Crippen LogP contribution in [-0.4, -0.2) is 69.0 Å². The molecule has 0 radical (unpaired) electrons. The van der Waals surface area contributed by atoms with Crippen LogP contribution in [0, 0.1) is 17.8 Å². The number of imide groups is 1. The monoisotopic (exact) mass is 719 g/mol. The van der Waals surface area contributed by atoms with Gasteiger partial charge in [-0.2, -0.15) is 0 Å². The third-order valence-electron chi connectivity index (χ3n) is 9.76. The lowest BCUT2D eigenvalue weighted by Gasteiger charge is -2.35. The molecule has 0 unspecified atom stereocenters. The highest BCUT2D eigenvalue weighted by molar-refractivity contribution is 6.02. The van der Waals surface area contributed by atoms with E-state index in [4.69, 9.17) is 10.2 Å². The van der Waals surface area contributed by atoms with Gasteiger partial charge in [0, 0.05) is 19.5 Å². The normalized spacial score (nSPS) is 16.0. The molecule has 3 aromatic rings. The van der Waals surface area contributed by atoms with Gasteiger partial charge in [-0.15, -0.1) is 0 Å². The van der Waals surface area contributed by atoms with Crippen LogP contribution in [0.4, 0.5) is 0 Å². The molecule has 284 valence electrons. The molecular formula is C40H57N5O7. The highest BCUT2D eigenvalue weighted by atomic mass is 16.4. The number of aliphatic hydroxyl groups is 1. The van der Waals surface area contributed by atoms with Gasteiger partial charge in [0.05, 0.1) is 30.1 Å². The molecule has 0 aliphatic heterocycles. The van der Waals surface area contributed by atoms with Crippen LogP contribution >= 0.6 is 0 Å². The lowest BCUT2D eigenvalue weighted by atomic mass is 9.83. The molecule has 2 aromatic carbocycles. The van der Waals surface area contributed by atoms with Crippen molar-refractivity contribution in [2.75, 3.05) is 6.54 Å². The number of aryl methyl sites for hydroxylation is 1. The maximum Gasteiger partial charge on any atom is 0.419 e. The minimum absolute atomic E-state index is 0.0864. The van der Waals surface area contributed by atoms with Gasteiger partial charge in [-0.25, -0.2) is 4.79 Å². The molecule has 4 atom stereocenters. The molecule has 1 heterocycles. The van der Waals surface area contributed by atoms with E-state index in [1.807, 2.05) is 58.0 Å². The Kier molecular flexibility index (Phi) is 15.2. The minimum Gasteiger partial charge on any atom is -0.408 e. The SMILES string of the molecule is CC(C)CNC(=O)C[C@H](O)[C@H](CC1CCCCC1)NC(=O)[C@H](CC(C)C)N(C(=O)CCn1c(=O)oc2ccccc21)C(=O)[C@@H](N)Cc1ccccc1. The second-order valence-corrected chi connectivity index (χ2v) is 15.1. The highest BCUT2D eigenvalue weighted by Crippen LogP contribution is 2.29. The van der Waals surface area contributed by atoms with E-state index in [2.05, 4.69) is 10.6 Å². The molecule has 0 spiro atoms. The number of hydrogen-bond acceptors (Lipinski definition) is 8. The predicted octanol–water partition coefficient (Wildman–Crippen LogP) is 4.30. The summed E-state index contributed by atoms with van der Waals surface area (Å²) in [4.78, 5) is 69.4. The Morgan fingerprint density at radius 1 is 0.962 bits per heavy atom. The van der Waals surface area contributed by atoms with Gasteiger partial charge in [-0.1, -0.05) is 102 Å². The zero-order valence-corrected chi connectivity index (χ0v) is 31.1. The van der Waals surface area contributed by atoms with Crippen LogP contribution in [0.3, 0.4) is 0 Å². The van der Waals surface area contributed by atoms with E-state index < -0.39 is 47.7 Å². The van der Waals surface area contributed by atoms with Crippen molar-refractivity contribution in [3.8, 4) is 0 Å². The van der Waals surface area contributed by atoms with E-state index in [1.54, 1.807) is 24.3 Å². The van der Waals surface area contributed by atoms with Crippen molar-refractivity contribution in [3.63, 3.8) is 0 Å². The molecule has 5 N–H and O–H groups in total. The van der Waals surface area contributed by atoms with Crippen LogP contribution in [0.2, 0.25) is 0 Å². The quantitative estimate of drug-likeness (QED) is 0.150. The molecule has 1 fully saturated rings. The molecule has 52 heavy (non-hydrogen) atoms. The molecule has 4 rings (SSSR count). The smallest absolute Gasteiger partial charge is 0.408 e. The number of rotatable bonds is 18. The summed E-state index contributed by atoms with van der Waals surface area (Å²) in [6.45, 7) is 8.12. The number of carbonyl (C=O) groups excluding carboxylic acids is 4. The molecule has 12 nitrogen and oxygen atoms in total. The second-order valence-electron chi connectivity index (χ2n) is 15.1. The second kappa shape index (κ2) is 19.5. The third-order valence-corrected chi connectivity index (χ3v) is 9.76. The molecule has 0 saturated heterocycles. The van der Waals surface area contributed by atoms with E-state index in [0.29, 0.717) is 24.1 Å². The Morgan fingerprint density at radius 3 is 2.31 bits per heavy atom. The third kappa shape index (κ3) is 11.6. The van der Waals surface area contributed by atoms with Crippen molar-refractivity contribution in [3.05, 3.63) is 70.7 Å². The maximum atomic E-state index is 14.4. The van der Waals surface area contributed by atoms with Crippen molar-refractivity contribution < 1.29 is 28.7 Å². The summed E-state index contributed by atoms with van der Waals surface area (Å²) in [5.41, 5.74) is 8.17. The van der Waals surface area contributed by atoms with Gasteiger partial charge in [0.15, 0.2) is 5.58 Å². The van der Waals surface area contributed by atoms with Crippen LogP contribution in [0.25, 0.3) is 11.1 Å². The summed E-state index contributed by atoms with van der Waals surface area (Å²) in [5, 5.41) is 17.3. The highest BCUT2D eigenvalue weighted by Gasteiger charge is 2.39. The van der Waals surface area contributed by atoms with Crippen molar-refractivity contribution >= 4 is 34.7 Å². The van der Waals surface area contributed by atoms with E-state index in [9.17, 15) is 29.1 Å². The van der Waals surface area contributed by atoms with Crippen LogP contribution < -0.4 is 22.1 Å². The summed E-state index contributed by atoms with van der Waals surface area (Å²) in [5.74, 6) is -2.57. The van der Waals surface area contributed by atoms with Gasteiger partial charge in [-0.05, 0) is 54.7 Å². The topological polar surface area (TPSA) is 177 Å². The van der Waals surface area contributed by atoms with Crippen molar-refractivity contribution in [2.45, 2.75) is 123 Å². The van der Waals surface area contributed by atoms with Gasteiger partial charge < -0.3 is 25.9 Å². The van der Waals surface area contributed by atoms with E-state index in [-0.39, 0.29) is 55.9 Å². The van der Waals surface area contributed by atoms with Gasteiger partial charge in [0.2, 0.25) is 23.6 Å². The predicted molar refractivity (Wildman–Crippen MR) is 200 cm³/mol. The van der Waals surface area contributed by atoms with Gasteiger partial charge in [0.25, 0.3) is 0 Å². The summed E-state index contributed by atoms with van der Waals surface area (Å²) >= 11 is 0. The average Bonchev–Trinajstić information content (AvgIpc) is 3.44. The summed E-state index contributed by atoms with van der Waals surface area (Å²) < 4.78 is 6.68. The Morgan fingerprint density at radius 2 is 1.63 bits per heavy atom. The molecule has 4 amide bonds. The lowest BCUT2D eigenvalue weighted by molar-refractivity contribution is -0.154. The molecule has 1 aromatic heterocycles. The Labute approximate surface area is 306 Å². The Bertz CT molecular complexity index is 1680. The van der Waals surface area contributed by atoms with E-state index in [0.717, 1.165) is 42.6 Å². The Balaban J connectivity index is 1.64. The molecule has 0 bridgehead atoms. The van der Waals surface area contributed by atoms with Crippen molar-refractivity contribution in [2.24, 2.45) is 23.5 Å². The number of nitrogens with two attached hydrogens (primary N) is 1. The number of nitrogens with one attached hydrogen (secondary N) is 2. The lowest BCUT2D eigenvalue weighted by Crippen LogP contribution is -2.59. The zero-order chi connectivity index (χ0) is 37.8. The molecule has 1 aliphatic carbocycles. The number of para-hydroxylation sites is 2. The number of aromatic nitrogens is 1. The van der Waals surface area contributed by atoms with E-state index in [1.165, 1.54) is 4.57 Å². The molecular weight excluding hydrogens is 662 g/mol. The maximum absolute atomic E-state index is 14.4. The fourth-order valence-electron chi connectivity index (χ4n) is 7.01. The summed E-state index contributed by atoms with van der Waals surface area (Å²) in [6.07, 6.45) is 4.22. The standard InChI is InChI=1S/C40H57N5O7/c1-26(2)21-33(38(49)43-31(23-29-15-9-6-10-16-29)34(46)24-36(47)42-25-27(3)4)45(39(50)30(41)22-28-13-7-5-8-14-28)37(48)19-20-44-32-17-11-12-18-35(32)52-40(44)51/h5,7-8,11-14,17-18,26-27,29-31,33-34,46H,6,9-10,15-16,19-25,41H2,1-4H3,(H,42,47)(H,43,49)/t30-,31-,33-,34-/m0/s1. The van der Waals surface area contributed by atoms with Crippen molar-refractivity contribution in [1.29, 1.82) is 0 Å². The summed E-state index contributed by atoms with van der Waals surface area (Å²) in [7, 11) is 0. The average molecular weight is 720 g/mol. The first kappa shape index (κ1) is 40.5. The first-order valence-corrected chi connectivity index (χ1v) is 18.8. The van der Waals surface area contributed by atoms with Gasteiger partial charge in [-0.3, -0.25) is 28.6 Å². The first-order chi connectivity index (χ1) is 24.8. The van der Waals surface area contributed by atoms with Gasteiger partial charge >= 0.3 is 5.76 Å².